The van der Waals surface area contributed by atoms with Crippen molar-refractivity contribution in [2.75, 3.05) is 13.1 Å². The van der Waals surface area contributed by atoms with Crippen LogP contribution in [0.2, 0.25) is 0 Å². The molecular formula is C22H28N2O2S. The van der Waals surface area contributed by atoms with Crippen LogP contribution in [-0.4, -0.2) is 35.8 Å². The first-order valence-corrected chi connectivity index (χ1v) is 11.0. The van der Waals surface area contributed by atoms with Gasteiger partial charge in [-0.15, -0.1) is 11.3 Å². The van der Waals surface area contributed by atoms with Gasteiger partial charge in [0, 0.05) is 29.7 Å². The lowest BCUT2D eigenvalue weighted by atomic mass is 9.88. The summed E-state index contributed by atoms with van der Waals surface area (Å²) in [5.41, 5.74) is 1.09. The molecule has 1 aliphatic carbocycles. The highest BCUT2D eigenvalue weighted by molar-refractivity contribution is 7.21. The number of thiophene rings is 1. The molecule has 0 bridgehead atoms. The van der Waals surface area contributed by atoms with Crippen molar-refractivity contribution in [1.82, 2.24) is 10.2 Å². The monoisotopic (exact) mass is 384 g/mol. The van der Waals surface area contributed by atoms with Gasteiger partial charge in [0.15, 0.2) is 0 Å². The Kier molecular flexibility index (Phi) is 5.48. The highest BCUT2D eigenvalue weighted by Gasteiger charge is 2.29. The molecule has 1 saturated carbocycles. The number of nitrogens with zero attached hydrogens (tertiary/aromatic N) is 1. The van der Waals surface area contributed by atoms with Crippen LogP contribution in [0.5, 0.6) is 0 Å². The minimum Gasteiger partial charge on any atom is -0.353 e. The highest BCUT2D eigenvalue weighted by atomic mass is 32.1. The normalized spacial score (nSPS) is 19.4. The van der Waals surface area contributed by atoms with Crippen LogP contribution in [0.15, 0.2) is 24.3 Å². The molecule has 144 valence electrons. The summed E-state index contributed by atoms with van der Waals surface area (Å²) < 4.78 is 1.17. The summed E-state index contributed by atoms with van der Waals surface area (Å²) in [5, 5.41) is 4.43. The number of likely N-dealkylation sites (tertiary alicyclic amines) is 1. The zero-order valence-corrected chi connectivity index (χ0v) is 16.8. The summed E-state index contributed by atoms with van der Waals surface area (Å²) in [6.45, 7) is 3.49. The standard InChI is InChI=1S/C22H28N2O2S/c1-15-18-9-5-6-10-19(18)27-20(15)22(26)24-13-11-17(12-14-24)23-21(25)16-7-3-2-4-8-16/h5-6,9-10,16-17H,2-4,7-8,11-14H2,1H3,(H,23,25). The molecule has 5 heteroatoms. The van der Waals surface area contributed by atoms with Gasteiger partial charge in [-0.2, -0.15) is 0 Å². The molecule has 1 aromatic carbocycles. The molecular weight excluding hydrogens is 356 g/mol. The quantitative estimate of drug-likeness (QED) is 0.846. The van der Waals surface area contributed by atoms with E-state index in [1.807, 2.05) is 24.0 Å². The van der Waals surface area contributed by atoms with Crippen LogP contribution in [0.25, 0.3) is 10.1 Å². The first-order chi connectivity index (χ1) is 13.1. The van der Waals surface area contributed by atoms with Crippen molar-refractivity contribution in [3.05, 3.63) is 34.7 Å². The zero-order valence-electron chi connectivity index (χ0n) is 16.0. The molecule has 1 aliphatic heterocycles. The average molecular weight is 385 g/mol. The van der Waals surface area contributed by atoms with Crippen molar-refractivity contribution >= 4 is 33.2 Å². The van der Waals surface area contributed by atoms with Gasteiger partial charge in [-0.25, -0.2) is 0 Å². The number of hydrogen-bond acceptors (Lipinski definition) is 3. The maximum absolute atomic E-state index is 13.0. The summed E-state index contributed by atoms with van der Waals surface area (Å²) in [7, 11) is 0. The number of carbonyl (C=O) groups excluding carboxylic acids is 2. The summed E-state index contributed by atoms with van der Waals surface area (Å²) in [5.74, 6) is 0.588. The van der Waals surface area contributed by atoms with Gasteiger partial charge in [-0.1, -0.05) is 37.5 Å². The third kappa shape index (κ3) is 3.88. The number of hydrogen-bond donors (Lipinski definition) is 1. The zero-order chi connectivity index (χ0) is 18.8. The van der Waals surface area contributed by atoms with Crippen LogP contribution in [0.4, 0.5) is 0 Å². The van der Waals surface area contributed by atoms with Crippen LogP contribution in [-0.2, 0) is 4.79 Å². The SMILES string of the molecule is Cc1c(C(=O)N2CCC(NC(=O)C3CCCCC3)CC2)sc2ccccc12. The van der Waals surface area contributed by atoms with E-state index in [0.29, 0.717) is 0 Å². The Bertz CT molecular complexity index is 830. The maximum atomic E-state index is 13.0. The van der Waals surface area contributed by atoms with Gasteiger partial charge in [0.05, 0.1) is 4.88 Å². The second kappa shape index (κ2) is 8.01. The first kappa shape index (κ1) is 18.5. The Balaban J connectivity index is 1.35. The fourth-order valence-electron chi connectivity index (χ4n) is 4.43. The van der Waals surface area contributed by atoms with Crippen molar-refractivity contribution in [3.8, 4) is 0 Å². The second-order valence-electron chi connectivity index (χ2n) is 7.96. The van der Waals surface area contributed by atoms with Crippen LogP contribution in [0.3, 0.4) is 0 Å². The number of amides is 2. The Hall–Kier alpha value is -1.88. The van der Waals surface area contributed by atoms with Gasteiger partial charge in [0.25, 0.3) is 5.91 Å². The summed E-state index contributed by atoms with van der Waals surface area (Å²) in [6, 6.07) is 8.43. The number of rotatable bonds is 3. The molecule has 2 amide bonds. The highest BCUT2D eigenvalue weighted by Crippen LogP contribution is 2.32. The Morgan fingerprint density at radius 2 is 1.74 bits per heavy atom. The van der Waals surface area contributed by atoms with E-state index in [1.54, 1.807) is 11.3 Å². The third-order valence-electron chi connectivity index (χ3n) is 6.14. The maximum Gasteiger partial charge on any atom is 0.264 e. The van der Waals surface area contributed by atoms with Crippen molar-refractivity contribution in [2.24, 2.45) is 5.92 Å². The third-order valence-corrected chi connectivity index (χ3v) is 7.40. The van der Waals surface area contributed by atoms with Crippen molar-refractivity contribution in [2.45, 2.75) is 57.9 Å². The molecule has 2 aromatic rings. The molecule has 2 heterocycles. The number of benzene rings is 1. The summed E-state index contributed by atoms with van der Waals surface area (Å²) in [4.78, 5) is 28.3. The fraction of sp³-hybridized carbons (Fsp3) is 0.545. The van der Waals surface area contributed by atoms with Crippen LogP contribution in [0.1, 0.15) is 60.2 Å². The minimum atomic E-state index is 0.144. The molecule has 2 fully saturated rings. The molecule has 1 aromatic heterocycles. The second-order valence-corrected chi connectivity index (χ2v) is 9.01. The molecule has 27 heavy (non-hydrogen) atoms. The molecule has 4 rings (SSSR count). The van der Waals surface area contributed by atoms with E-state index in [9.17, 15) is 9.59 Å². The van der Waals surface area contributed by atoms with Gasteiger partial charge in [-0.3, -0.25) is 9.59 Å². The molecule has 4 nitrogen and oxygen atoms in total. The van der Waals surface area contributed by atoms with Gasteiger partial charge in [0.1, 0.15) is 0 Å². The Labute approximate surface area is 164 Å². The van der Waals surface area contributed by atoms with Crippen LogP contribution in [0, 0.1) is 12.8 Å². The van der Waals surface area contributed by atoms with Crippen LogP contribution >= 0.6 is 11.3 Å². The lowest BCUT2D eigenvalue weighted by molar-refractivity contribution is -0.126. The van der Waals surface area contributed by atoms with E-state index >= 15 is 0 Å². The van der Waals surface area contributed by atoms with Crippen molar-refractivity contribution in [3.63, 3.8) is 0 Å². The van der Waals surface area contributed by atoms with Gasteiger partial charge in [-0.05, 0) is 49.6 Å². The summed E-state index contributed by atoms with van der Waals surface area (Å²) >= 11 is 1.59. The predicted octanol–water partition coefficient (Wildman–Crippen LogP) is 4.51. The minimum absolute atomic E-state index is 0.144. The molecule has 2 aliphatic rings. The van der Waals surface area contributed by atoms with E-state index in [0.717, 1.165) is 49.2 Å². The molecule has 0 unspecified atom stereocenters. The van der Waals surface area contributed by atoms with Crippen molar-refractivity contribution in [1.29, 1.82) is 0 Å². The lowest BCUT2D eigenvalue weighted by Crippen LogP contribution is -2.48. The van der Waals surface area contributed by atoms with E-state index < -0.39 is 0 Å². The molecule has 1 saturated heterocycles. The lowest BCUT2D eigenvalue weighted by Gasteiger charge is -2.33. The molecule has 0 spiro atoms. The van der Waals surface area contributed by atoms with E-state index in [4.69, 9.17) is 0 Å². The van der Waals surface area contributed by atoms with Gasteiger partial charge < -0.3 is 10.2 Å². The molecule has 1 N–H and O–H groups in total. The molecule has 0 atom stereocenters. The summed E-state index contributed by atoms with van der Waals surface area (Å²) in [6.07, 6.45) is 7.41. The van der Waals surface area contributed by atoms with E-state index in [1.165, 1.54) is 29.3 Å². The first-order valence-electron chi connectivity index (χ1n) is 10.2. The van der Waals surface area contributed by atoms with Crippen LogP contribution < -0.4 is 5.32 Å². The number of carbonyl (C=O) groups is 2. The predicted molar refractivity (Wildman–Crippen MR) is 110 cm³/mol. The van der Waals surface area contributed by atoms with E-state index in [2.05, 4.69) is 17.4 Å². The fourth-order valence-corrected chi connectivity index (χ4v) is 5.61. The van der Waals surface area contributed by atoms with E-state index in [-0.39, 0.29) is 23.8 Å². The smallest absolute Gasteiger partial charge is 0.264 e. The Morgan fingerprint density at radius 3 is 2.44 bits per heavy atom. The average Bonchev–Trinajstić information content (AvgIpc) is 3.05. The number of fused-ring (bicyclic) bond motifs is 1. The van der Waals surface area contributed by atoms with Gasteiger partial charge in [0.2, 0.25) is 5.91 Å². The molecule has 0 radical (unpaired) electrons. The number of aryl methyl sites for hydroxylation is 1. The Morgan fingerprint density at radius 1 is 1.04 bits per heavy atom. The van der Waals surface area contributed by atoms with Crippen molar-refractivity contribution < 1.29 is 9.59 Å². The largest absolute Gasteiger partial charge is 0.353 e. The van der Waals surface area contributed by atoms with Gasteiger partial charge >= 0.3 is 0 Å². The number of piperidine rings is 1. The topological polar surface area (TPSA) is 49.4 Å². The number of nitrogens with one attached hydrogen (secondary N) is 1.